The normalized spacial score (nSPS) is 24.4. The highest BCUT2D eigenvalue weighted by Crippen LogP contribution is 2.16. The van der Waals surface area contributed by atoms with E-state index in [1.54, 1.807) is 24.3 Å². The molecule has 1 aromatic carbocycles. The fourth-order valence-electron chi connectivity index (χ4n) is 3.40. The van der Waals surface area contributed by atoms with Gasteiger partial charge in [0, 0.05) is 30.9 Å². The van der Waals surface area contributed by atoms with Crippen molar-refractivity contribution in [1.82, 2.24) is 10.2 Å². The maximum absolute atomic E-state index is 12.6. The van der Waals surface area contributed by atoms with Gasteiger partial charge in [0.05, 0.1) is 12.7 Å². The van der Waals surface area contributed by atoms with E-state index in [9.17, 15) is 9.59 Å². The number of carbonyl (C=O) groups excluding carboxylic acids is 2. The first-order valence-corrected chi connectivity index (χ1v) is 9.20. The Bertz CT molecular complexity index is 594. The molecule has 2 heterocycles. The van der Waals surface area contributed by atoms with Gasteiger partial charge in [0.15, 0.2) is 0 Å². The molecule has 0 spiro atoms. The molecule has 2 atom stereocenters. The molecule has 136 valence electrons. The van der Waals surface area contributed by atoms with Crippen molar-refractivity contribution in [1.29, 1.82) is 0 Å². The number of amides is 2. The van der Waals surface area contributed by atoms with Crippen LogP contribution in [0.5, 0.6) is 0 Å². The molecule has 3 rings (SSSR count). The van der Waals surface area contributed by atoms with E-state index in [-0.39, 0.29) is 24.0 Å². The molecule has 0 bridgehead atoms. The van der Waals surface area contributed by atoms with Crippen LogP contribution in [0.15, 0.2) is 24.3 Å². The Morgan fingerprint density at radius 3 is 2.44 bits per heavy atom. The second-order valence-electron chi connectivity index (χ2n) is 6.78. The molecule has 0 saturated carbocycles. The minimum atomic E-state index is -0.354. The van der Waals surface area contributed by atoms with E-state index in [0.29, 0.717) is 24.4 Å². The Kier molecular flexibility index (Phi) is 6.04. The van der Waals surface area contributed by atoms with Crippen LogP contribution in [-0.2, 0) is 9.53 Å². The van der Waals surface area contributed by atoms with Crippen LogP contribution in [0.1, 0.15) is 43.0 Å². The zero-order valence-corrected chi connectivity index (χ0v) is 14.8. The molecule has 0 aliphatic carbocycles. The van der Waals surface area contributed by atoms with Crippen LogP contribution in [0.2, 0.25) is 0 Å². The zero-order valence-electron chi connectivity index (χ0n) is 14.8. The lowest BCUT2D eigenvalue weighted by Gasteiger charge is -2.29. The molecule has 2 aliphatic rings. The molecule has 6 nitrogen and oxygen atoms in total. The molecule has 2 fully saturated rings. The third-order valence-corrected chi connectivity index (χ3v) is 4.89. The third-order valence-electron chi connectivity index (χ3n) is 4.89. The molecule has 0 radical (unpaired) electrons. The van der Waals surface area contributed by atoms with Crippen molar-refractivity contribution in [3.05, 3.63) is 29.8 Å². The first kappa shape index (κ1) is 17.9. The Morgan fingerprint density at radius 2 is 1.80 bits per heavy atom. The molecule has 25 heavy (non-hydrogen) atoms. The van der Waals surface area contributed by atoms with Gasteiger partial charge < -0.3 is 20.3 Å². The molecular weight excluding hydrogens is 318 g/mol. The number of ether oxygens (including phenoxy) is 1. The number of rotatable bonds is 3. The van der Waals surface area contributed by atoms with Crippen molar-refractivity contribution in [2.24, 2.45) is 0 Å². The lowest BCUT2D eigenvalue weighted by molar-refractivity contribution is -0.123. The standard InChI is InChI=1S/C19H27N3O3/c1-14-17(20-10-13-25-14)18(23)21-16-8-6-15(7-9-16)19(24)22-11-4-2-3-5-12-22/h6-9,14,17,20H,2-5,10-13H2,1H3,(H,21,23)/t14-,17+/m1/s1. The molecular formula is C19H27N3O3. The minimum Gasteiger partial charge on any atom is -0.375 e. The monoisotopic (exact) mass is 345 g/mol. The van der Waals surface area contributed by atoms with Gasteiger partial charge in [0.25, 0.3) is 5.91 Å². The summed E-state index contributed by atoms with van der Waals surface area (Å²) in [6.07, 6.45) is 4.40. The topological polar surface area (TPSA) is 70.7 Å². The van der Waals surface area contributed by atoms with E-state index >= 15 is 0 Å². The fourth-order valence-corrected chi connectivity index (χ4v) is 3.40. The van der Waals surface area contributed by atoms with E-state index in [0.717, 1.165) is 25.9 Å². The fraction of sp³-hybridized carbons (Fsp3) is 0.579. The Morgan fingerprint density at radius 1 is 1.12 bits per heavy atom. The highest BCUT2D eigenvalue weighted by Gasteiger charge is 2.28. The van der Waals surface area contributed by atoms with E-state index in [1.165, 1.54) is 12.8 Å². The predicted molar refractivity (Wildman–Crippen MR) is 96.6 cm³/mol. The lowest BCUT2D eigenvalue weighted by atomic mass is 10.1. The van der Waals surface area contributed by atoms with E-state index < -0.39 is 0 Å². The molecule has 6 heteroatoms. The first-order chi connectivity index (χ1) is 12.1. The van der Waals surface area contributed by atoms with E-state index in [1.807, 2.05) is 11.8 Å². The average Bonchev–Trinajstić information content (AvgIpc) is 2.91. The number of carbonyl (C=O) groups is 2. The molecule has 1 aromatic rings. The van der Waals surface area contributed by atoms with E-state index in [4.69, 9.17) is 4.74 Å². The second-order valence-corrected chi connectivity index (χ2v) is 6.78. The van der Waals surface area contributed by atoms with Crippen LogP contribution in [0.4, 0.5) is 5.69 Å². The summed E-state index contributed by atoms with van der Waals surface area (Å²) in [5.41, 5.74) is 1.37. The predicted octanol–water partition coefficient (Wildman–Crippen LogP) is 2.02. The van der Waals surface area contributed by atoms with Crippen molar-refractivity contribution >= 4 is 17.5 Å². The summed E-state index contributed by atoms with van der Waals surface area (Å²) in [7, 11) is 0. The maximum atomic E-state index is 12.6. The summed E-state index contributed by atoms with van der Waals surface area (Å²) in [5.74, 6) is -0.0328. The molecule has 0 aromatic heterocycles. The van der Waals surface area contributed by atoms with Gasteiger partial charge in [-0.3, -0.25) is 9.59 Å². The summed E-state index contributed by atoms with van der Waals surface area (Å²) in [4.78, 5) is 26.9. The van der Waals surface area contributed by atoms with Crippen molar-refractivity contribution in [2.45, 2.75) is 44.8 Å². The largest absolute Gasteiger partial charge is 0.375 e. The van der Waals surface area contributed by atoms with Crippen molar-refractivity contribution < 1.29 is 14.3 Å². The second kappa shape index (κ2) is 8.45. The smallest absolute Gasteiger partial charge is 0.253 e. The summed E-state index contributed by atoms with van der Waals surface area (Å²) in [6, 6.07) is 6.80. The highest BCUT2D eigenvalue weighted by molar-refractivity contribution is 5.97. The van der Waals surface area contributed by atoms with Crippen LogP contribution < -0.4 is 10.6 Å². The number of nitrogens with one attached hydrogen (secondary N) is 2. The van der Waals surface area contributed by atoms with Gasteiger partial charge in [-0.05, 0) is 44.0 Å². The lowest BCUT2D eigenvalue weighted by Crippen LogP contribution is -2.53. The van der Waals surface area contributed by atoms with Crippen LogP contribution in [0.3, 0.4) is 0 Å². The van der Waals surface area contributed by atoms with Gasteiger partial charge >= 0.3 is 0 Å². The van der Waals surface area contributed by atoms with Gasteiger partial charge in [-0.1, -0.05) is 12.8 Å². The number of hydrogen-bond donors (Lipinski definition) is 2. The van der Waals surface area contributed by atoms with Gasteiger partial charge in [-0.15, -0.1) is 0 Å². The molecule has 2 N–H and O–H groups in total. The van der Waals surface area contributed by atoms with Crippen LogP contribution in [0, 0.1) is 0 Å². The first-order valence-electron chi connectivity index (χ1n) is 9.20. The average molecular weight is 345 g/mol. The van der Waals surface area contributed by atoms with Crippen LogP contribution >= 0.6 is 0 Å². The maximum Gasteiger partial charge on any atom is 0.253 e. The van der Waals surface area contributed by atoms with E-state index in [2.05, 4.69) is 10.6 Å². The van der Waals surface area contributed by atoms with Crippen molar-refractivity contribution in [2.75, 3.05) is 31.6 Å². The molecule has 2 saturated heterocycles. The number of hydrogen-bond acceptors (Lipinski definition) is 4. The molecule has 2 aliphatic heterocycles. The van der Waals surface area contributed by atoms with Gasteiger partial charge in [-0.25, -0.2) is 0 Å². The van der Waals surface area contributed by atoms with Gasteiger partial charge in [0.1, 0.15) is 6.04 Å². The van der Waals surface area contributed by atoms with Crippen molar-refractivity contribution in [3.8, 4) is 0 Å². The Balaban J connectivity index is 1.59. The summed E-state index contributed by atoms with van der Waals surface area (Å²) < 4.78 is 5.50. The summed E-state index contributed by atoms with van der Waals surface area (Å²) in [6.45, 7) is 4.86. The minimum absolute atomic E-state index is 0.0794. The number of morpholine rings is 1. The van der Waals surface area contributed by atoms with Gasteiger partial charge in [0.2, 0.25) is 5.91 Å². The van der Waals surface area contributed by atoms with Crippen molar-refractivity contribution in [3.63, 3.8) is 0 Å². The highest BCUT2D eigenvalue weighted by atomic mass is 16.5. The Labute approximate surface area is 148 Å². The number of nitrogens with zero attached hydrogens (tertiary/aromatic N) is 1. The van der Waals surface area contributed by atoms with Crippen LogP contribution in [0.25, 0.3) is 0 Å². The van der Waals surface area contributed by atoms with Gasteiger partial charge in [-0.2, -0.15) is 0 Å². The SMILES string of the molecule is C[C@H]1OCCN[C@@H]1C(=O)Nc1ccc(C(=O)N2CCCCCC2)cc1. The third kappa shape index (κ3) is 4.58. The van der Waals surface area contributed by atoms with Crippen LogP contribution in [-0.4, -0.2) is 55.1 Å². The number of likely N-dealkylation sites (tertiary alicyclic amines) is 1. The molecule has 2 amide bonds. The number of benzene rings is 1. The summed E-state index contributed by atoms with van der Waals surface area (Å²) >= 11 is 0. The zero-order chi connectivity index (χ0) is 17.6. The number of anilines is 1. The quantitative estimate of drug-likeness (QED) is 0.879. The Hall–Kier alpha value is -1.92. The molecule has 0 unspecified atom stereocenters. The summed E-state index contributed by atoms with van der Waals surface area (Å²) in [5, 5.41) is 6.06.